The van der Waals surface area contributed by atoms with Crippen molar-refractivity contribution in [1.82, 2.24) is 0 Å². The van der Waals surface area contributed by atoms with Crippen molar-refractivity contribution in [3.8, 4) is 17.6 Å². The van der Waals surface area contributed by atoms with Crippen LogP contribution >= 0.6 is 0 Å². The predicted molar refractivity (Wildman–Crippen MR) is 68.5 cm³/mol. The summed E-state index contributed by atoms with van der Waals surface area (Å²) in [5, 5.41) is 19.7. The molecule has 0 saturated carbocycles. The molecule has 1 aromatic rings. The SMILES string of the molecule is COc1ccc(C(C)(O)C(C)(C)C#N)cc1OC. The number of hydrogen-bond donors (Lipinski definition) is 1. The number of nitrogens with zero attached hydrogens (tertiary/aromatic N) is 1. The second-order valence-electron chi connectivity index (χ2n) is 4.88. The summed E-state index contributed by atoms with van der Waals surface area (Å²) in [7, 11) is 3.08. The van der Waals surface area contributed by atoms with Gasteiger partial charge in [-0.05, 0) is 38.5 Å². The summed E-state index contributed by atoms with van der Waals surface area (Å²) in [5.74, 6) is 1.12. The van der Waals surface area contributed by atoms with E-state index in [2.05, 4.69) is 6.07 Å². The third-order valence-corrected chi connectivity index (χ3v) is 3.44. The first kappa shape index (κ1) is 14.3. The highest BCUT2D eigenvalue weighted by Gasteiger charge is 2.41. The minimum atomic E-state index is -1.28. The van der Waals surface area contributed by atoms with Gasteiger partial charge in [0.15, 0.2) is 11.5 Å². The van der Waals surface area contributed by atoms with Crippen LogP contribution in [0, 0.1) is 16.7 Å². The zero-order valence-electron chi connectivity index (χ0n) is 11.4. The van der Waals surface area contributed by atoms with E-state index in [-0.39, 0.29) is 0 Å². The van der Waals surface area contributed by atoms with Crippen molar-refractivity contribution in [1.29, 1.82) is 5.26 Å². The van der Waals surface area contributed by atoms with Gasteiger partial charge in [0.1, 0.15) is 5.60 Å². The number of aliphatic hydroxyl groups is 1. The Labute approximate surface area is 108 Å². The average Bonchev–Trinajstić information content (AvgIpc) is 2.37. The molecule has 1 N–H and O–H groups in total. The van der Waals surface area contributed by atoms with Crippen LogP contribution < -0.4 is 9.47 Å². The molecule has 18 heavy (non-hydrogen) atoms. The molecule has 0 amide bonds. The molecule has 0 aliphatic heterocycles. The van der Waals surface area contributed by atoms with Crippen LogP contribution in [0.5, 0.6) is 11.5 Å². The lowest BCUT2D eigenvalue weighted by molar-refractivity contribution is -0.0269. The lowest BCUT2D eigenvalue weighted by Crippen LogP contribution is -2.38. The molecule has 0 radical (unpaired) electrons. The van der Waals surface area contributed by atoms with Gasteiger partial charge in [-0.2, -0.15) is 5.26 Å². The number of rotatable bonds is 4. The molecule has 1 unspecified atom stereocenters. The van der Waals surface area contributed by atoms with Gasteiger partial charge < -0.3 is 14.6 Å². The monoisotopic (exact) mass is 249 g/mol. The number of nitriles is 1. The molecule has 4 nitrogen and oxygen atoms in total. The Hall–Kier alpha value is -1.73. The molecular weight excluding hydrogens is 230 g/mol. The third-order valence-electron chi connectivity index (χ3n) is 3.44. The van der Waals surface area contributed by atoms with Crippen LogP contribution in [0.15, 0.2) is 18.2 Å². The summed E-state index contributed by atoms with van der Waals surface area (Å²) in [4.78, 5) is 0. The molecule has 0 aliphatic rings. The van der Waals surface area contributed by atoms with Crippen LogP contribution in [0.3, 0.4) is 0 Å². The molecule has 1 rings (SSSR count). The zero-order chi connectivity index (χ0) is 14.0. The van der Waals surface area contributed by atoms with Gasteiger partial charge in [0.2, 0.25) is 0 Å². The van der Waals surface area contributed by atoms with E-state index in [1.54, 1.807) is 46.1 Å². The van der Waals surface area contributed by atoms with Crippen molar-refractivity contribution < 1.29 is 14.6 Å². The van der Waals surface area contributed by atoms with Gasteiger partial charge in [-0.15, -0.1) is 0 Å². The van der Waals surface area contributed by atoms with E-state index in [9.17, 15) is 5.11 Å². The van der Waals surface area contributed by atoms with Gasteiger partial charge in [0.25, 0.3) is 0 Å². The third kappa shape index (κ3) is 2.27. The molecule has 0 fully saturated rings. The van der Waals surface area contributed by atoms with Crippen LogP contribution in [0.1, 0.15) is 26.3 Å². The fourth-order valence-corrected chi connectivity index (χ4v) is 1.61. The summed E-state index contributed by atoms with van der Waals surface area (Å²) in [5.41, 5.74) is -1.57. The summed E-state index contributed by atoms with van der Waals surface area (Å²) in [6.45, 7) is 5.02. The highest BCUT2D eigenvalue weighted by Crippen LogP contribution is 2.41. The highest BCUT2D eigenvalue weighted by molar-refractivity contribution is 5.45. The Morgan fingerprint density at radius 2 is 1.67 bits per heavy atom. The molecule has 0 saturated heterocycles. The van der Waals surface area contributed by atoms with Gasteiger partial charge >= 0.3 is 0 Å². The molecular formula is C14H19NO3. The zero-order valence-corrected chi connectivity index (χ0v) is 11.4. The minimum absolute atomic E-state index is 0.531. The van der Waals surface area contributed by atoms with E-state index >= 15 is 0 Å². The first-order valence-electron chi connectivity index (χ1n) is 5.66. The summed E-state index contributed by atoms with van der Waals surface area (Å²) in [6.07, 6.45) is 0. The van der Waals surface area contributed by atoms with Crippen molar-refractivity contribution in [3.05, 3.63) is 23.8 Å². The fraction of sp³-hybridized carbons (Fsp3) is 0.500. The van der Waals surface area contributed by atoms with E-state index in [0.29, 0.717) is 17.1 Å². The lowest BCUT2D eigenvalue weighted by atomic mass is 9.73. The molecule has 1 atom stereocenters. The molecule has 1 aromatic carbocycles. The van der Waals surface area contributed by atoms with E-state index in [1.165, 1.54) is 7.11 Å². The fourth-order valence-electron chi connectivity index (χ4n) is 1.61. The quantitative estimate of drug-likeness (QED) is 0.890. The molecule has 98 valence electrons. The maximum Gasteiger partial charge on any atom is 0.161 e. The van der Waals surface area contributed by atoms with Crippen molar-refractivity contribution in [2.45, 2.75) is 26.4 Å². The molecule has 0 heterocycles. The number of methoxy groups -OCH3 is 2. The summed E-state index contributed by atoms with van der Waals surface area (Å²) >= 11 is 0. The summed E-state index contributed by atoms with van der Waals surface area (Å²) < 4.78 is 10.3. The van der Waals surface area contributed by atoms with Crippen molar-refractivity contribution in [2.24, 2.45) is 5.41 Å². The topological polar surface area (TPSA) is 62.5 Å². The number of ether oxygens (including phenoxy) is 2. The maximum atomic E-state index is 10.6. The Morgan fingerprint density at radius 1 is 1.11 bits per heavy atom. The van der Waals surface area contributed by atoms with E-state index in [0.717, 1.165) is 0 Å². The first-order chi connectivity index (χ1) is 8.30. The largest absolute Gasteiger partial charge is 0.493 e. The van der Waals surface area contributed by atoms with Crippen LogP contribution in [0.4, 0.5) is 0 Å². The van der Waals surface area contributed by atoms with E-state index in [4.69, 9.17) is 14.7 Å². The maximum absolute atomic E-state index is 10.6. The second kappa shape index (κ2) is 4.87. The second-order valence-corrected chi connectivity index (χ2v) is 4.88. The van der Waals surface area contributed by atoms with Gasteiger partial charge in [0, 0.05) is 0 Å². The van der Waals surface area contributed by atoms with Gasteiger partial charge in [0.05, 0.1) is 25.7 Å². The van der Waals surface area contributed by atoms with E-state index < -0.39 is 11.0 Å². The highest BCUT2D eigenvalue weighted by atomic mass is 16.5. The Morgan fingerprint density at radius 3 is 2.11 bits per heavy atom. The number of hydrogen-bond acceptors (Lipinski definition) is 4. The normalized spacial score (nSPS) is 14.5. The van der Waals surface area contributed by atoms with Gasteiger partial charge in [-0.25, -0.2) is 0 Å². The summed E-state index contributed by atoms with van der Waals surface area (Å²) in [6, 6.07) is 7.27. The average molecular weight is 249 g/mol. The van der Waals surface area contributed by atoms with Crippen molar-refractivity contribution in [2.75, 3.05) is 14.2 Å². The first-order valence-corrected chi connectivity index (χ1v) is 5.66. The van der Waals surface area contributed by atoms with Crippen molar-refractivity contribution >= 4 is 0 Å². The Balaban J connectivity index is 3.31. The van der Waals surface area contributed by atoms with E-state index in [1.807, 2.05) is 0 Å². The Bertz CT molecular complexity index is 472. The molecule has 0 spiro atoms. The Kier molecular flexibility index (Phi) is 3.88. The molecule has 4 heteroatoms. The van der Waals surface area contributed by atoms with Crippen LogP contribution in [0.25, 0.3) is 0 Å². The number of benzene rings is 1. The molecule has 0 aromatic heterocycles. The standard InChI is InChI=1S/C14H19NO3/c1-13(2,9-15)14(3,16)10-6-7-11(17-4)12(8-10)18-5/h6-8,16H,1-5H3. The minimum Gasteiger partial charge on any atom is -0.493 e. The van der Waals surface area contributed by atoms with Crippen LogP contribution in [-0.2, 0) is 5.60 Å². The smallest absolute Gasteiger partial charge is 0.161 e. The molecule has 0 bridgehead atoms. The van der Waals surface area contributed by atoms with Crippen molar-refractivity contribution in [3.63, 3.8) is 0 Å². The molecule has 0 aliphatic carbocycles. The van der Waals surface area contributed by atoms with Gasteiger partial charge in [-0.3, -0.25) is 0 Å². The predicted octanol–water partition coefficient (Wildman–Crippen LogP) is 2.46. The van der Waals surface area contributed by atoms with Crippen LogP contribution in [-0.4, -0.2) is 19.3 Å². The lowest BCUT2D eigenvalue weighted by Gasteiger charge is -2.35. The van der Waals surface area contributed by atoms with Crippen LogP contribution in [0.2, 0.25) is 0 Å². The van der Waals surface area contributed by atoms with Gasteiger partial charge in [-0.1, -0.05) is 6.07 Å².